The molecule has 106 valence electrons. The topological polar surface area (TPSA) is 24.5 Å². The summed E-state index contributed by atoms with van der Waals surface area (Å²) in [6.07, 6.45) is 1.12. The summed E-state index contributed by atoms with van der Waals surface area (Å²) in [6, 6.07) is 7.23. The SMILES string of the molecule is Cc1ccc(CCN(C)CC2COCCN2)c(C)c1. The Labute approximate surface area is 116 Å². The van der Waals surface area contributed by atoms with Crippen LogP contribution in [0.2, 0.25) is 0 Å². The molecule has 0 bridgehead atoms. The van der Waals surface area contributed by atoms with Gasteiger partial charge in [0.05, 0.1) is 13.2 Å². The number of hydrogen-bond acceptors (Lipinski definition) is 3. The number of likely N-dealkylation sites (N-methyl/N-ethyl adjacent to an activating group) is 1. The number of nitrogens with one attached hydrogen (secondary N) is 1. The number of rotatable bonds is 5. The molecule has 1 heterocycles. The fraction of sp³-hybridized carbons (Fsp3) is 0.625. The quantitative estimate of drug-likeness (QED) is 0.875. The smallest absolute Gasteiger partial charge is 0.0632 e. The molecular weight excluding hydrogens is 236 g/mol. The fourth-order valence-electron chi connectivity index (χ4n) is 2.64. The van der Waals surface area contributed by atoms with Crippen LogP contribution in [0.25, 0.3) is 0 Å². The lowest BCUT2D eigenvalue weighted by Crippen LogP contribution is -2.47. The molecule has 1 unspecified atom stereocenters. The van der Waals surface area contributed by atoms with Crippen molar-refractivity contribution in [3.63, 3.8) is 0 Å². The van der Waals surface area contributed by atoms with Crippen LogP contribution >= 0.6 is 0 Å². The van der Waals surface area contributed by atoms with Gasteiger partial charge in [-0.05, 0) is 38.4 Å². The normalized spacial score (nSPS) is 19.9. The molecule has 1 aliphatic rings. The molecule has 0 aromatic heterocycles. The highest BCUT2D eigenvalue weighted by atomic mass is 16.5. The predicted molar refractivity (Wildman–Crippen MR) is 79.7 cm³/mol. The maximum Gasteiger partial charge on any atom is 0.0632 e. The number of morpholine rings is 1. The molecule has 3 nitrogen and oxygen atoms in total. The zero-order chi connectivity index (χ0) is 13.7. The largest absolute Gasteiger partial charge is 0.378 e. The first kappa shape index (κ1) is 14.5. The maximum absolute atomic E-state index is 5.49. The molecule has 1 atom stereocenters. The third kappa shape index (κ3) is 4.60. The second-order valence-electron chi connectivity index (χ2n) is 5.67. The van der Waals surface area contributed by atoms with Gasteiger partial charge in [0, 0.05) is 25.7 Å². The van der Waals surface area contributed by atoms with Crippen LogP contribution < -0.4 is 5.32 Å². The van der Waals surface area contributed by atoms with Crippen LogP contribution in [0.15, 0.2) is 18.2 Å². The van der Waals surface area contributed by atoms with E-state index < -0.39 is 0 Å². The van der Waals surface area contributed by atoms with E-state index in [-0.39, 0.29) is 0 Å². The Bertz CT molecular complexity index is 400. The van der Waals surface area contributed by atoms with Crippen molar-refractivity contribution in [2.75, 3.05) is 39.9 Å². The van der Waals surface area contributed by atoms with E-state index in [2.05, 4.69) is 49.3 Å². The molecule has 1 aromatic rings. The van der Waals surface area contributed by atoms with Gasteiger partial charge in [-0.25, -0.2) is 0 Å². The molecule has 1 fully saturated rings. The number of hydrogen-bond donors (Lipinski definition) is 1. The number of aryl methyl sites for hydroxylation is 2. The summed E-state index contributed by atoms with van der Waals surface area (Å²) in [5.41, 5.74) is 4.22. The van der Waals surface area contributed by atoms with Gasteiger partial charge in [0.15, 0.2) is 0 Å². The molecule has 0 aliphatic carbocycles. The molecule has 1 aromatic carbocycles. The van der Waals surface area contributed by atoms with Crippen molar-refractivity contribution in [3.8, 4) is 0 Å². The van der Waals surface area contributed by atoms with Crippen molar-refractivity contribution in [1.29, 1.82) is 0 Å². The van der Waals surface area contributed by atoms with Crippen LogP contribution in [0.3, 0.4) is 0 Å². The van der Waals surface area contributed by atoms with E-state index in [1.807, 2.05) is 0 Å². The first-order valence-corrected chi connectivity index (χ1v) is 7.21. The molecule has 1 aliphatic heterocycles. The minimum atomic E-state index is 0.484. The van der Waals surface area contributed by atoms with Gasteiger partial charge in [-0.3, -0.25) is 0 Å². The summed E-state index contributed by atoms with van der Waals surface area (Å²) in [6.45, 7) is 9.19. The van der Waals surface area contributed by atoms with Gasteiger partial charge in [-0.2, -0.15) is 0 Å². The van der Waals surface area contributed by atoms with Gasteiger partial charge in [0.1, 0.15) is 0 Å². The van der Waals surface area contributed by atoms with E-state index in [1.165, 1.54) is 16.7 Å². The van der Waals surface area contributed by atoms with E-state index in [4.69, 9.17) is 4.74 Å². The Hall–Kier alpha value is -0.900. The van der Waals surface area contributed by atoms with Gasteiger partial charge < -0.3 is 15.0 Å². The van der Waals surface area contributed by atoms with Crippen molar-refractivity contribution in [2.45, 2.75) is 26.3 Å². The molecule has 0 spiro atoms. The first-order chi connectivity index (χ1) is 9.15. The highest BCUT2D eigenvalue weighted by Gasteiger charge is 2.14. The average Bonchev–Trinajstić information content (AvgIpc) is 2.39. The second kappa shape index (κ2) is 7.04. The standard InChI is InChI=1S/C16H26N2O/c1-13-4-5-15(14(2)10-13)6-8-18(3)11-16-12-19-9-7-17-16/h4-5,10,16-17H,6-9,11-12H2,1-3H3. The summed E-state index contributed by atoms with van der Waals surface area (Å²) >= 11 is 0. The molecule has 19 heavy (non-hydrogen) atoms. The van der Waals surface area contributed by atoms with Crippen molar-refractivity contribution >= 4 is 0 Å². The third-order valence-corrected chi connectivity index (χ3v) is 3.79. The van der Waals surface area contributed by atoms with Crippen LogP contribution in [0.4, 0.5) is 0 Å². The van der Waals surface area contributed by atoms with Gasteiger partial charge in [-0.1, -0.05) is 23.8 Å². The fourth-order valence-corrected chi connectivity index (χ4v) is 2.64. The molecular formula is C16H26N2O. The molecule has 1 N–H and O–H groups in total. The minimum absolute atomic E-state index is 0.484. The van der Waals surface area contributed by atoms with Gasteiger partial charge >= 0.3 is 0 Å². The number of nitrogens with zero attached hydrogens (tertiary/aromatic N) is 1. The number of benzene rings is 1. The van der Waals surface area contributed by atoms with Gasteiger partial charge in [0.2, 0.25) is 0 Å². The summed E-state index contributed by atoms with van der Waals surface area (Å²) < 4.78 is 5.49. The van der Waals surface area contributed by atoms with E-state index in [0.717, 1.165) is 39.3 Å². The van der Waals surface area contributed by atoms with Gasteiger partial charge in [0.25, 0.3) is 0 Å². The Morgan fingerprint density at radius 3 is 2.89 bits per heavy atom. The first-order valence-electron chi connectivity index (χ1n) is 7.21. The van der Waals surface area contributed by atoms with E-state index in [9.17, 15) is 0 Å². The minimum Gasteiger partial charge on any atom is -0.378 e. The summed E-state index contributed by atoms with van der Waals surface area (Å²) in [4.78, 5) is 2.39. The highest BCUT2D eigenvalue weighted by Crippen LogP contribution is 2.11. The molecule has 0 radical (unpaired) electrons. The van der Waals surface area contributed by atoms with E-state index in [1.54, 1.807) is 0 Å². The average molecular weight is 262 g/mol. The van der Waals surface area contributed by atoms with Crippen LogP contribution in [0.5, 0.6) is 0 Å². The Morgan fingerprint density at radius 2 is 2.21 bits per heavy atom. The molecule has 3 heteroatoms. The van der Waals surface area contributed by atoms with Crippen LogP contribution in [-0.2, 0) is 11.2 Å². The van der Waals surface area contributed by atoms with Crippen LogP contribution in [0.1, 0.15) is 16.7 Å². The molecule has 0 amide bonds. The Balaban J connectivity index is 1.77. The lowest BCUT2D eigenvalue weighted by molar-refractivity contribution is 0.0655. The summed E-state index contributed by atoms with van der Waals surface area (Å²) in [5.74, 6) is 0. The highest BCUT2D eigenvalue weighted by molar-refractivity contribution is 5.30. The van der Waals surface area contributed by atoms with Crippen molar-refractivity contribution in [3.05, 3.63) is 34.9 Å². The Morgan fingerprint density at radius 1 is 1.37 bits per heavy atom. The summed E-state index contributed by atoms with van der Waals surface area (Å²) in [7, 11) is 2.19. The van der Waals surface area contributed by atoms with Crippen molar-refractivity contribution in [1.82, 2.24) is 10.2 Å². The predicted octanol–water partition coefficient (Wildman–Crippen LogP) is 1.77. The van der Waals surface area contributed by atoms with Crippen molar-refractivity contribution < 1.29 is 4.74 Å². The third-order valence-electron chi connectivity index (χ3n) is 3.79. The number of ether oxygens (including phenoxy) is 1. The zero-order valence-corrected chi connectivity index (χ0v) is 12.4. The van der Waals surface area contributed by atoms with Crippen LogP contribution in [-0.4, -0.2) is 50.8 Å². The lowest BCUT2D eigenvalue weighted by atomic mass is 10.0. The van der Waals surface area contributed by atoms with Crippen LogP contribution in [0, 0.1) is 13.8 Å². The van der Waals surface area contributed by atoms with Crippen molar-refractivity contribution in [2.24, 2.45) is 0 Å². The lowest BCUT2D eigenvalue weighted by Gasteiger charge is -2.28. The molecule has 2 rings (SSSR count). The summed E-state index contributed by atoms with van der Waals surface area (Å²) in [5, 5.41) is 3.50. The Kier molecular flexibility index (Phi) is 5.37. The second-order valence-corrected chi connectivity index (χ2v) is 5.67. The molecule has 0 saturated carbocycles. The van der Waals surface area contributed by atoms with Gasteiger partial charge in [-0.15, -0.1) is 0 Å². The monoisotopic (exact) mass is 262 g/mol. The molecule has 1 saturated heterocycles. The van der Waals surface area contributed by atoms with E-state index >= 15 is 0 Å². The zero-order valence-electron chi connectivity index (χ0n) is 12.4. The van der Waals surface area contributed by atoms with E-state index in [0.29, 0.717) is 6.04 Å². The maximum atomic E-state index is 5.49.